The van der Waals surface area contributed by atoms with Crippen LogP contribution in [0.1, 0.15) is 29.9 Å². The van der Waals surface area contributed by atoms with Crippen molar-refractivity contribution in [1.29, 1.82) is 5.26 Å². The molecule has 3 aromatic rings. The zero-order valence-electron chi connectivity index (χ0n) is 15.6. The fourth-order valence-corrected chi connectivity index (χ4v) is 3.75. The van der Waals surface area contributed by atoms with E-state index in [4.69, 9.17) is 28.5 Å². The Hall–Kier alpha value is -2.46. The lowest BCUT2D eigenvalue weighted by Gasteiger charge is -2.11. The van der Waals surface area contributed by atoms with E-state index in [1.165, 1.54) is 11.8 Å². The second-order valence-electron chi connectivity index (χ2n) is 6.40. The molecule has 0 aliphatic carbocycles. The average molecular weight is 445 g/mol. The van der Waals surface area contributed by atoms with Crippen LogP contribution in [0.25, 0.3) is 11.3 Å². The summed E-state index contributed by atoms with van der Waals surface area (Å²) in [4.78, 5) is 19.8. The van der Waals surface area contributed by atoms with E-state index in [-0.39, 0.29) is 11.9 Å². The number of halogens is 2. The van der Waals surface area contributed by atoms with Gasteiger partial charge >= 0.3 is 0 Å². The van der Waals surface area contributed by atoms with E-state index < -0.39 is 0 Å². The van der Waals surface area contributed by atoms with E-state index in [1.54, 1.807) is 30.5 Å². The molecular formula is C21H18Cl2N4OS. The second kappa shape index (κ2) is 9.84. The van der Waals surface area contributed by atoms with Crippen LogP contribution >= 0.6 is 35.0 Å². The Labute approximate surface area is 183 Å². The first-order valence-electron chi connectivity index (χ1n) is 8.82. The number of imidazole rings is 1. The normalized spacial score (nSPS) is 11.7. The Morgan fingerprint density at radius 2 is 2.00 bits per heavy atom. The minimum absolute atomic E-state index is 0.0661. The largest absolute Gasteiger partial charge is 0.346 e. The van der Waals surface area contributed by atoms with Crippen LogP contribution in [-0.4, -0.2) is 21.6 Å². The van der Waals surface area contributed by atoms with Crippen molar-refractivity contribution in [1.82, 2.24) is 15.3 Å². The minimum atomic E-state index is -0.255. The number of thioether (sulfide) groups is 1. The quantitative estimate of drug-likeness (QED) is 0.513. The van der Waals surface area contributed by atoms with Gasteiger partial charge in [-0.05, 0) is 36.8 Å². The minimum Gasteiger partial charge on any atom is -0.346 e. The van der Waals surface area contributed by atoms with Gasteiger partial charge in [0.1, 0.15) is 5.82 Å². The zero-order chi connectivity index (χ0) is 20.8. The van der Waals surface area contributed by atoms with E-state index in [0.29, 0.717) is 32.9 Å². The van der Waals surface area contributed by atoms with Crippen LogP contribution < -0.4 is 5.32 Å². The number of amides is 1. The Bertz CT molecular complexity index is 1040. The molecule has 8 heteroatoms. The summed E-state index contributed by atoms with van der Waals surface area (Å²) in [6, 6.07) is 14.6. The predicted molar refractivity (Wildman–Crippen MR) is 118 cm³/mol. The Balaban J connectivity index is 1.51. The van der Waals surface area contributed by atoms with Gasteiger partial charge in [-0.1, -0.05) is 41.4 Å². The summed E-state index contributed by atoms with van der Waals surface area (Å²) in [7, 11) is 0. The molecule has 0 bridgehead atoms. The predicted octanol–water partition coefficient (Wildman–Crippen LogP) is 5.37. The zero-order valence-corrected chi connectivity index (χ0v) is 17.9. The van der Waals surface area contributed by atoms with Crippen LogP contribution in [0.5, 0.6) is 0 Å². The highest BCUT2D eigenvalue weighted by Gasteiger charge is 2.14. The van der Waals surface area contributed by atoms with Gasteiger partial charge in [-0.25, -0.2) is 4.98 Å². The lowest BCUT2D eigenvalue weighted by Crippen LogP contribution is -2.28. The van der Waals surface area contributed by atoms with Crippen LogP contribution in [0.15, 0.2) is 48.7 Å². The SMILES string of the molecule is C[C@H](NC(=O)CSCc1ccc(C#N)cc1)c1ncc(-c2ccc(Cl)c(Cl)c2)[nH]1. The van der Waals surface area contributed by atoms with Crippen molar-refractivity contribution >= 4 is 40.9 Å². The third kappa shape index (κ3) is 5.77. The van der Waals surface area contributed by atoms with Gasteiger partial charge < -0.3 is 10.3 Å². The molecule has 1 aromatic heterocycles. The first kappa shape index (κ1) is 21.3. The maximum absolute atomic E-state index is 12.2. The first-order valence-corrected chi connectivity index (χ1v) is 10.7. The molecule has 0 radical (unpaired) electrons. The van der Waals surface area contributed by atoms with Crippen molar-refractivity contribution in [2.75, 3.05) is 5.75 Å². The Morgan fingerprint density at radius 1 is 1.24 bits per heavy atom. The Morgan fingerprint density at radius 3 is 2.69 bits per heavy atom. The molecule has 29 heavy (non-hydrogen) atoms. The van der Waals surface area contributed by atoms with Crippen LogP contribution in [0.3, 0.4) is 0 Å². The molecule has 148 valence electrons. The molecular weight excluding hydrogens is 427 g/mol. The van der Waals surface area contributed by atoms with Gasteiger partial charge in [0.2, 0.25) is 5.91 Å². The third-order valence-electron chi connectivity index (χ3n) is 4.20. The topological polar surface area (TPSA) is 81.6 Å². The Kier molecular flexibility index (Phi) is 7.21. The van der Waals surface area contributed by atoms with Gasteiger partial charge in [-0.3, -0.25) is 4.79 Å². The van der Waals surface area contributed by atoms with E-state index in [1.807, 2.05) is 25.1 Å². The van der Waals surface area contributed by atoms with E-state index in [2.05, 4.69) is 21.4 Å². The number of benzene rings is 2. The number of nitrogens with one attached hydrogen (secondary N) is 2. The second-order valence-corrected chi connectivity index (χ2v) is 8.20. The van der Waals surface area contributed by atoms with E-state index in [0.717, 1.165) is 16.8 Å². The van der Waals surface area contributed by atoms with E-state index >= 15 is 0 Å². The van der Waals surface area contributed by atoms with Gasteiger partial charge in [0.15, 0.2) is 0 Å². The first-order chi connectivity index (χ1) is 14.0. The fourth-order valence-electron chi connectivity index (χ4n) is 2.66. The van der Waals surface area contributed by atoms with Gasteiger partial charge in [0.05, 0.1) is 45.4 Å². The number of aromatic amines is 1. The number of nitrogens with zero attached hydrogens (tertiary/aromatic N) is 2. The summed E-state index contributed by atoms with van der Waals surface area (Å²) in [5, 5.41) is 12.7. The fraction of sp³-hybridized carbons (Fsp3) is 0.190. The molecule has 3 rings (SSSR count). The number of rotatable bonds is 7. The summed E-state index contributed by atoms with van der Waals surface area (Å²) >= 11 is 13.5. The molecule has 1 amide bonds. The molecule has 0 spiro atoms. The lowest BCUT2D eigenvalue weighted by molar-refractivity contribution is -0.119. The molecule has 2 aromatic carbocycles. The van der Waals surface area contributed by atoms with Gasteiger partial charge in [-0.15, -0.1) is 11.8 Å². The molecule has 1 atom stereocenters. The van der Waals surface area contributed by atoms with Gasteiger partial charge in [0, 0.05) is 11.3 Å². The molecule has 0 unspecified atom stereocenters. The van der Waals surface area contributed by atoms with Crippen LogP contribution in [-0.2, 0) is 10.5 Å². The van der Waals surface area contributed by atoms with Crippen molar-refractivity contribution in [2.24, 2.45) is 0 Å². The number of nitriles is 1. The van der Waals surface area contributed by atoms with Gasteiger partial charge in [-0.2, -0.15) is 5.26 Å². The third-order valence-corrected chi connectivity index (χ3v) is 5.94. The smallest absolute Gasteiger partial charge is 0.230 e. The van der Waals surface area contributed by atoms with Crippen LogP contribution in [0.4, 0.5) is 0 Å². The maximum Gasteiger partial charge on any atom is 0.230 e. The number of carbonyl (C=O) groups excluding carboxylic acids is 1. The molecule has 1 heterocycles. The number of hydrogen-bond donors (Lipinski definition) is 2. The molecule has 0 saturated carbocycles. The van der Waals surface area contributed by atoms with Crippen molar-refractivity contribution in [3.63, 3.8) is 0 Å². The number of aromatic nitrogens is 2. The highest BCUT2D eigenvalue weighted by atomic mass is 35.5. The van der Waals surface area contributed by atoms with Crippen molar-refractivity contribution < 1.29 is 4.79 Å². The van der Waals surface area contributed by atoms with E-state index in [9.17, 15) is 4.79 Å². The molecule has 0 aliphatic rings. The van der Waals surface area contributed by atoms with Crippen molar-refractivity contribution in [3.05, 3.63) is 75.7 Å². The highest BCUT2D eigenvalue weighted by Crippen LogP contribution is 2.28. The molecule has 0 fully saturated rings. The number of H-pyrrole nitrogens is 1. The summed E-state index contributed by atoms with van der Waals surface area (Å²) in [6.45, 7) is 1.88. The molecule has 0 aliphatic heterocycles. The monoisotopic (exact) mass is 444 g/mol. The molecule has 0 saturated heterocycles. The van der Waals surface area contributed by atoms with Crippen molar-refractivity contribution in [2.45, 2.75) is 18.7 Å². The lowest BCUT2D eigenvalue weighted by atomic mass is 10.2. The highest BCUT2D eigenvalue weighted by molar-refractivity contribution is 7.99. The standard InChI is InChI=1S/C21H18Cl2N4OS/c1-13(21-25-10-19(27-21)16-6-7-17(22)18(23)8-16)26-20(28)12-29-11-15-4-2-14(9-24)3-5-15/h2-8,10,13H,11-12H2,1H3,(H,25,27)(H,26,28)/t13-/m0/s1. The number of carbonyl (C=O) groups is 1. The van der Waals surface area contributed by atoms with Gasteiger partial charge in [0.25, 0.3) is 0 Å². The number of hydrogen-bond acceptors (Lipinski definition) is 4. The molecule has 5 nitrogen and oxygen atoms in total. The maximum atomic E-state index is 12.2. The summed E-state index contributed by atoms with van der Waals surface area (Å²) < 4.78 is 0. The van der Waals surface area contributed by atoms with Crippen molar-refractivity contribution in [3.8, 4) is 17.3 Å². The summed E-state index contributed by atoms with van der Waals surface area (Å²) in [5.41, 5.74) is 3.38. The summed E-state index contributed by atoms with van der Waals surface area (Å²) in [5.74, 6) is 1.64. The van der Waals surface area contributed by atoms with Crippen LogP contribution in [0.2, 0.25) is 10.0 Å². The molecule has 2 N–H and O–H groups in total. The average Bonchev–Trinajstić information content (AvgIpc) is 3.21. The van der Waals surface area contributed by atoms with Crippen LogP contribution in [0, 0.1) is 11.3 Å². The summed E-state index contributed by atoms with van der Waals surface area (Å²) in [6.07, 6.45) is 1.71.